The Balaban J connectivity index is 1.65. The van der Waals surface area contributed by atoms with Crippen LogP contribution >= 0.6 is 27.3 Å². The summed E-state index contributed by atoms with van der Waals surface area (Å²) in [6.07, 6.45) is 1.60. The zero-order valence-corrected chi connectivity index (χ0v) is 17.4. The van der Waals surface area contributed by atoms with Crippen molar-refractivity contribution in [3.63, 3.8) is 0 Å². The van der Waals surface area contributed by atoms with Gasteiger partial charge in [-0.1, -0.05) is 0 Å². The maximum atomic E-state index is 12.8. The number of benzene rings is 1. The van der Waals surface area contributed by atoms with Crippen molar-refractivity contribution in [2.24, 2.45) is 0 Å². The second-order valence-electron chi connectivity index (χ2n) is 5.88. The predicted molar refractivity (Wildman–Crippen MR) is 110 cm³/mol. The molecule has 142 valence electrons. The van der Waals surface area contributed by atoms with Crippen LogP contribution in [0, 0.1) is 6.92 Å². The lowest BCUT2D eigenvalue weighted by molar-refractivity contribution is 0.102. The highest BCUT2D eigenvalue weighted by Crippen LogP contribution is 2.28. The Morgan fingerprint density at radius 3 is 2.93 bits per heavy atom. The number of halogens is 1. The largest absolute Gasteiger partial charge is 0.497 e. The molecule has 0 aliphatic rings. The van der Waals surface area contributed by atoms with Crippen molar-refractivity contribution in [2.45, 2.75) is 6.92 Å². The predicted octanol–water partition coefficient (Wildman–Crippen LogP) is 4.92. The molecule has 28 heavy (non-hydrogen) atoms. The average molecular weight is 459 g/mol. The van der Waals surface area contributed by atoms with Crippen LogP contribution in [-0.4, -0.2) is 27.8 Å². The number of rotatable bonds is 5. The van der Waals surface area contributed by atoms with Gasteiger partial charge in [-0.05, 0) is 53.2 Å². The van der Waals surface area contributed by atoms with Crippen LogP contribution in [0.25, 0.3) is 16.6 Å². The quantitative estimate of drug-likeness (QED) is 0.458. The number of nitrogens with one attached hydrogen (secondary N) is 1. The summed E-state index contributed by atoms with van der Waals surface area (Å²) in [5, 5.41) is 9.87. The Hall–Kier alpha value is -2.91. The molecule has 0 saturated carbocycles. The van der Waals surface area contributed by atoms with Crippen LogP contribution in [0.1, 0.15) is 16.1 Å². The summed E-state index contributed by atoms with van der Waals surface area (Å²) < 4.78 is 12.9. The Morgan fingerprint density at radius 2 is 2.18 bits per heavy atom. The number of amides is 1. The lowest BCUT2D eigenvalue weighted by atomic mass is 10.2. The minimum absolute atomic E-state index is 0.283. The fourth-order valence-electron chi connectivity index (χ4n) is 2.62. The van der Waals surface area contributed by atoms with Gasteiger partial charge in [0.1, 0.15) is 17.3 Å². The third-order valence-electron chi connectivity index (χ3n) is 3.94. The van der Waals surface area contributed by atoms with Crippen molar-refractivity contribution in [1.82, 2.24) is 14.8 Å². The third kappa shape index (κ3) is 3.58. The van der Waals surface area contributed by atoms with E-state index in [1.807, 2.05) is 24.4 Å². The van der Waals surface area contributed by atoms with E-state index in [-0.39, 0.29) is 5.91 Å². The first kappa shape index (κ1) is 18.5. The molecular weight excluding hydrogens is 444 g/mol. The number of aryl methyl sites for hydroxylation is 1. The number of nitrogens with zero attached hydrogens (tertiary/aromatic N) is 3. The fourth-order valence-corrected chi connectivity index (χ4v) is 3.83. The van der Waals surface area contributed by atoms with Crippen molar-refractivity contribution in [2.75, 3.05) is 12.4 Å². The maximum absolute atomic E-state index is 12.8. The van der Waals surface area contributed by atoms with E-state index in [0.29, 0.717) is 38.2 Å². The first-order valence-electron chi connectivity index (χ1n) is 8.26. The lowest BCUT2D eigenvalue weighted by Gasteiger charge is -2.09. The van der Waals surface area contributed by atoms with Gasteiger partial charge in [0.05, 0.1) is 24.6 Å². The molecule has 7 nitrogen and oxygen atoms in total. The molecule has 4 aromatic rings. The van der Waals surface area contributed by atoms with Gasteiger partial charge < -0.3 is 14.5 Å². The lowest BCUT2D eigenvalue weighted by Crippen LogP contribution is -2.15. The fraction of sp³-hybridized carbons (Fsp3) is 0.105. The molecule has 4 rings (SSSR count). The molecule has 1 amide bonds. The first-order valence-corrected chi connectivity index (χ1v) is 9.94. The second kappa shape index (κ2) is 7.61. The third-order valence-corrected chi connectivity index (χ3v) is 5.45. The highest BCUT2D eigenvalue weighted by molar-refractivity contribution is 9.10. The summed E-state index contributed by atoms with van der Waals surface area (Å²) in [6.45, 7) is 1.86. The second-order valence-corrected chi connectivity index (χ2v) is 7.57. The van der Waals surface area contributed by atoms with Crippen molar-refractivity contribution in [3.05, 3.63) is 63.8 Å². The van der Waals surface area contributed by atoms with Crippen LogP contribution in [0.5, 0.6) is 5.75 Å². The van der Waals surface area contributed by atoms with Gasteiger partial charge in [-0.15, -0.1) is 11.3 Å². The standard InChI is InChI=1S/C19H15BrN4O3S/c1-11-8-17(22-18(25)13-9-12(26-2)5-6-14(13)20)24(23-11)19-21-15(10-28-19)16-4-3-7-27-16/h3-10H,1-2H3,(H,22,25). The monoisotopic (exact) mass is 458 g/mol. The summed E-state index contributed by atoms with van der Waals surface area (Å²) >= 11 is 4.82. The van der Waals surface area contributed by atoms with Crippen LogP contribution < -0.4 is 10.1 Å². The van der Waals surface area contributed by atoms with Crippen LogP contribution in [0.4, 0.5) is 5.82 Å². The number of hydrogen-bond acceptors (Lipinski definition) is 6. The van der Waals surface area contributed by atoms with E-state index in [1.165, 1.54) is 11.3 Å². The number of hydrogen-bond donors (Lipinski definition) is 1. The zero-order valence-electron chi connectivity index (χ0n) is 15.0. The summed E-state index contributed by atoms with van der Waals surface area (Å²) in [4.78, 5) is 17.4. The van der Waals surface area contributed by atoms with Crippen molar-refractivity contribution >= 4 is 39.0 Å². The van der Waals surface area contributed by atoms with E-state index in [1.54, 1.807) is 42.3 Å². The van der Waals surface area contributed by atoms with E-state index >= 15 is 0 Å². The molecule has 0 unspecified atom stereocenters. The van der Waals surface area contributed by atoms with Gasteiger partial charge in [-0.3, -0.25) is 4.79 Å². The van der Waals surface area contributed by atoms with Gasteiger partial charge in [0, 0.05) is 15.9 Å². The van der Waals surface area contributed by atoms with Crippen LogP contribution in [-0.2, 0) is 0 Å². The van der Waals surface area contributed by atoms with Crippen LogP contribution in [0.2, 0.25) is 0 Å². The maximum Gasteiger partial charge on any atom is 0.258 e. The van der Waals surface area contributed by atoms with E-state index in [2.05, 4.69) is 31.3 Å². The molecule has 0 spiro atoms. The normalized spacial score (nSPS) is 10.8. The molecule has 1 N–H and O–H groups in total. The molecule has 0 saturated heterocycles. The van der Waals surface area contributed by atoms with Crippen LogP contribution in [0.3, 0.4) is 0 Å². The Labute approximate surface area is 173 Å². The smallest absolute Gasteiger partial charge is 0.258 e. The summed E-state index contributed by atoms with van der Waals surface area (Å²) in [6, 6.07) is 10.7. The zero-order chi connectivity index (χ0) is 19.7. The molecule has 3 heterocycles. The van der Waals surface area contributed by atoms with Crippen molar-refractivity contribution in [1.29, 1.82) is 0 Å². The molecule has 0 fully saturated rings. The minimum atomic E-state index is -0.283. The number of carbonyl (C=O) groups is 1. The number of thiazole rings is 1. The van der Waals surface area contributed by atoms with E-state index in [4.69, 9.17) is 9.15 Å². The summed E-state index contributed by atoms with van der Waals surface area (Å²) in [5.74, 6) is 1.52. The van der Waals surface area contributed by atoms with Gasteiger partial charge in [-0.25, -0.2) is 4.98 Å². The average Bonchev–Trinajstić information content (AvgIpc) is 3.42. The molecule has 9 heteroatoms. The van der Waals surface area contributed by atoms with Gasteiger partial charge in [0.15, 0.2) is 5.76 Å². The highest BCUT2D eigenvalue weighted by Gasteiger charge is 2.18. The van der Waals surface area contributed by atoms with E-state index < -0.39 is 0 Å². The van der Waals surface area contributed by atoms with Crippen molar-refractivity contribution < 1.29 is 13.9 Å². The topological polar surface area (TPSA) is 82.2 Å². The Bertz CT molecular complexity index is 1130. The minimum Gasteiger partial charge on any atom is -0.497 e. The number of ether oxygens (including phenoxy) is 1. The van der Waals surface area contributed by atoms with Crippen LogP contribution in [0.15, 0.2) is 56.9 Å². The highest BCUT2D eigenvalue weighted by atomic mass is 79.9. The van der Waals surface area contributed by atoms with Crippen molar-refractivity contribution in [3.8, 4) is 22.3 Å². The van der Waals surface area contributed by atoms with E-state index in [0.717, 1.165) is 5.69 Å². The molecular formula is C19H15BrN4O3S. The molecule has 3 aromatic heterocycles. The molecule has 0 bridgehead atoms. The number of aromatic nitrogens is 3. The van der Waals surface area contributed by atoms with Gasteiger partial charge in [0.2, 0.25) is 5.13 Å². The van der Waals surface area contributed by atoms with E-state index in [9.17, 15) is 4.79 Å². The molecule has 1 aromatic carbocycles. The SMILES string of the molecule is COc1ccc(Br)c(C(=O)Nc2cc(C)nn2-c2nc(-c3ccco3)cs2)c1. The Kier molecular flexibility index (Phi) is 5.01. The molecule has 0 radical (unpaired) electrons. The van der Waals surface area contributed by atoms with Gasteiger partial charge in [-0.2, -0.15) is 9.78 Å². The Morgan fingerprint density at radius 1 is 1.32 bits per heavy atom. The first-order chi connectivity index (χ1) is 13.5. The molecule has 0 aliphatic carbocycles. The number of anilines is 1. The molecule has 0 atom stereocenters. The summed E-state index contributed by atoms with van der Waals surface area (Å²) in [5.41, 5.74) is 1.93. The molecule has 0 aliphatic heterocycles. The number of carbonyl (C=O) groups excluding carboxylic acids is 1. The van der Waals surface area contributed by atoms with Gasteiger partial charge >= 0.3 is 0 Å². The van der Waals surface area contributed by atoms with Gasteiger partial charge in [0.25, 0.3) is 5.91 Å². The number of methoxy groups -OCH3 is 1. The summed E-state index contributed by atoms with van der Waals surface area (Å²) in [7, 11) is 1.56. The number of furan rings is 1.